The fraction of sp³-hybridized carbons (Fsp3) is 0.600. The molecular formula is C35H50N12O24P4. The minimum atomic E-state index is -6.21. The second kappa shape index (κ2) is 22.0. The molecular weight excluding hydrogens is 1100 g/mol. The number of nitrogens with zero attached hydrogens (tertiary/aromatic N) is 8. The van der Waals surface area contributed by atoms with Crippen LogP contribution < -0.4 is 37.7 Å². The Morgan fingerprint density at radius 3 is 2.16 bits per heavy atom. The van der Waals surface area contributed by atoms with Gasteiger partial charge >= 0.3 is 34.8 Å². The Morgan fingerprint density at radius 1 is 0.827 bits per heavy atom. The van der Waals surface area contributed by atoms with E-state index in [0.717, 1.165) is 41.2 Å². The molecule has 0 aromatic carbocycles. The number of rotatable bonds is 22. The van der Waals surface area contributed by atoms with Crippen molar-refractivity contribution in [3.8, 4) is 0 Å². The van der Waals surface area contributed by atoms with E-state index < -0.39 is 141 Å². The van der Waals surface area contributed by atoms with Crippen molar-refractivity contribution in [2.75, 3.05) is 51.6 Å². The van der Waals surface area contributed by atoms with E-state index in [2.05, 4.69) is 33.5 Å². The molecule has 5 aromatic heterocycles. The number of ether oxygens (including phenoxy) is 5. The average molecular weight is 1150 g/mol. The first-order valence-electron chi connectivity index (χ1n) is 22.0. The van der Waals surface area contributed by atoms with Crippen molar-refractivity contribution < 1.29 is 104 Å². The zero-order valence-electron chi connectivity index (χ0n) is 39.1. The summed E-state index contributed by atoms with van der Waals surface area (Å²) in [7, 11) is -21.0. The Labute approximate surface area is 419 Å². The monoisotopic (exact) mass is 1150 g/mol. The molecule has 414 valence electrons. The number of aliphatic hydroxyl groups excluding tert-OH is 3. The topological polar surface area (TPSA) is 510 Å². The van der Waals surface area contributed by atoms with E-state index in [1.54, 1.807) is 6.92 Å². The number of aromatic nitrogens is 10. The molecule has 8 rings (SSSR count). The number of aryl methyl sites for hydroxylation is 1. The van der Waals surface area contributed by atoms with Crippen LogP contribution in [0.2, 0.25) is 0 Å². The number of nitrogens with two attached hydrogens (primary N) is 2. The molecule has 16 atom stereocenters. The zero-order valence-corrected chi connectivity index (χ0v) is 42.7. The molecule has 0 saturated carbocycles. The zero-order chi connectivity index (χ0) is 54.5. The number of hydrogen-bond donors (Lipinski definition) is 10. The van der Waals surface area contributed by atoms with Gasteiger partial charge in [0.2, 0.25) is 11.7 Å². The number of aliphatic hydroxyl groups is 3. The fourth-order valence-electron chi connectivity index (χ4n) is 8.63. The lowest BCUT2D eigenvalue weighted by atomic mass is 9.99. The summed E-state index contributed by atoms with van der Waals surface area (Å²) in [6.45, 7) is -1.56. The van der Waals surface area contributed by atoms with E-state index in [0.29, 0.717) is 6.42 Å². The second-order valence-corrected chi connectivity index (χ2v) is 23.5. The number of hydrogen-bond acceptors (Lipinski definition) is 27. The standard InChI is InChI=1S/C35H50N12O24P4/c1-4-7-63-8-15-16(67-31(22(15)49)47-14-44(2)21-29(47)42-34(37)43-30(21)52)9-65-73(56,57)70-75(60,61)71-74(58,59)66-11-18-26(25(62-3)33(69-18)46-13-40-20-27(36)38-12-39-28(20)46)72(54,55)64-10-17-23(50)24(51)32(68-17)45-6-5-19(48)41-35(45)53/h5-6,12-18,22-26,31-33,49-51H,4,7-11H2,1-3H3,(H9-,36,37,38,39,41,42,43,48,52,53,54,55,56,57,58,59,60,61)/t15-,16-,17-,18-,22-,23-,24-,25-,26-,31-,32-,33-/m1/s1. The van der Waals surface area contributed by atoms with Crippen molar-refractivity contribution in [3.63, 3.8) is 0 Å². The van der Waals surface area contributed by atoms with Crippen molar-refractivity contribution in [2.24, 2.45) is 13.0 Å². The average Bonchev–Trinajstić information content (AvgIpc) is 4.13. The summed E-state index contributed by atoms with van der Waals surface area (Å²) in [6, 6.07) is 0.918. The molecule has 8 heterocycles. The predicted molar refractivity (Wildman–Crippen MR) is 243 cm³/mol. The van der Waals surface area contributed by atoms with Gasteiger partial charge in [-0.25, -0.2) is 38.0 Å². The predicted octanol–water partition coefficient (Wildman–Crippen LogP) is -3.76. The minimum Gasteiger partial charge on any atom is -0.778 e. The van der Waals surface area contributed by atoms with Gasteiger partial charge in [-0.1, -0.05) is 11.9 Å². The summed E-state index contributed by atoms with van der Waals surface area (Å²) < 4.78 is 111. The fourth-order valence-corrected chi connectivity index (χ4v) is 13.9. The van der Waals surface area contributed by atoms with E-state index in [-0.39, 0.29) is 47.3 Å². The smallest absolute Gasteiger partial charge is 0.490 e. The van der Waals surface area contributed by atoms with Gasteiger partial charge in [0.25, 0.3) is 17.1 Å². The summed E-state index contributed by atoms with van der Waals surface area (Å²) in [6.07, 6.45) is -11.4. The van der Waals surface area contributed by atoms with Crippen LogP contribution in [0.5, 0.6) is 0 Å². The number of methoxy groups -OCH3 is 1. The van der Waals surface area contributed by atoms with Crippen molar-refractivity contribution in [3.05, 3.63) is 62.4 Å². The Balaban J connectivity index is 0.961. The number of nitrogen functional groups attached to an aromatic ring is 2. The van der Waals surface area contributed by atoms with Crippen LogP contribution in [-0.2, 0) is 71.2 Å². The third kappa shape index (κ3) is 12.0. The van der Waals surface area contributed by atoms with Gasteiger partial charge < -0.3 is 79.1 Å². The van der Waals surface area contributed by atoms with Crippen molar-refractivity contribution >= 4 is 65.2 Å². The summed E-state index contributed by atoms with van der Waals surface area (Å²) in [5, 5.41) is 32.9. The number of nitrogens with one attached hydrogen (secondary N) is 2. The Morgan fingerprint density at radius 2 is 1.49 bits per heavy atom. The SMILES string of the molecule is CCCOC[C@H]1[C@@H](O)[C@H]([n+]2cn(C)c3c(=O)[nH]c(N)nc32)O[C@@H]1COP(=O)(O)OP(=O)(O)OP(=O)(O)OC[C@H]1O[C@@H](n2cnc3c(N)ncnc32)[C@H](OC)[C@@H]1P(=O)([O-])OC[C@H]1O[C@@H](n2ccc(=O)[nH]c2=O)[C@H](O)[C@@H]1O. The van der Waals surface area contributed by atoms with Crippen molar-refractivity contribution in [2.45, 2.75) is 80.4 Å². The molecule has 0 amide bonds. The number of H-pyrrole nitrogens is 2. The molecule has 3 aliphatic heterocycles. The number of phosphoric acid groups is 3. The summed E-state index contributed by atoms with van der Waals surface area (Å²) in [5.74, 6) is -1.41. The molecule has 5 aromatic rings. The van der Waals surface area contributed by atoms with E-state index in [9.17, 15) is 67.5 Å². The summed E-state index contributed by atoms with van der Waals surface area (Å²) >= 11 is 0. The van der Waals surface area contributed by atoms with Gasteiger partial charge in [0, 0.05) is 31.9 Å². The van der Waals surface area contributed by atoms with Crippen molar-refractivity contribution in [1.82, 2.24) is 43.6 Å². The van der Waals surface area contributed by atoms with Crippen molar-refractivity contribution in [1.29, 1.82) is 0 Å². The first-order valence-corrected chi connectivity index (χ1v) is 28.1. The molecule has 36 nitrogen and oxygen atoms in total. The van der Waals surface area contributed by atoms with Crippen LogP contribution in [0.4, 0.5) is 11.8 Å². The van der Waals surface area contributed by atoms with Gasteiger partial charge in [0.1, 0.15) is 50.0 Å². The summed E-state index contributed by atoms with van der Waals surface area (Å²) in [4.78, 5) is 103. The van der Waals surface area contributed by atoms with E-state index >= 15 is 0 Å². The first-order chi connectivity index (χ1) is 35.2. The number of imidazole rings is 2. The molecule has 3 saturated heterocycles. The van der Waals surface area contributed by atoms with Crippen LogP contribution in [0.1, 0.15) is 32.0 Å². The number of anilines is 2. The summed E-state index contributed by atoms with van der Waals surface area (Å²) in [5.41, 5.74) is 7.16. The quantitative estimate of drug-likeness (QED) is 0.0181. The number of phosphoric ester groups is 2. The largest absolute Gasteiger partial charge is 0.778 e. The first kappa shape index (κ1) is 56.6. The molecule has 40 heteroatoms. The molecule has 12 N–H and O–H groups in total. The highest BCUT2D eigenvalue weighted by Crippen LogP contribution is 2.68. The number of fused-ring (bicyclic) bond motifs is 2. The van der Waals surface area contributed by atoms with E-state index in [1.165, 1.54) is 22.5 Å². The maximum atomic E-state index is 14.2. The molecule has 75 heavy (non-hydrogen) atoms. The lowest BCUT2D eigenvalue weighted by molar-refractivity contribution is -0.745. The van der Waals surface area contributed by atoms with Gasteiger partial charge in [-0.2, -0.15) is 8.62 Å². The highest BCUT2D eigenvalue weighted by molar-refractivity contribution is 7.66. The molecule has 0 bridgehead atoms. The third-order valence-electron chi connectivity index (χ3n) is 12.0. The Kier molecular flexibility index (Phi) is 16.6. The molecule has 0 radical (unpaired) electrons. The minimum absolute atomic E-state index is 0.0179. The molecule has 0 spiro atoms. The van der Waals surface area contributed by atoms with Crippen LogP contribution in [0.15, 0.2) is 45.6 Å². The van der Waals surface area contributed by atoms with E-state index in [4.69, 9.17) is 48.7 Å². The van der Waals surface area contributed by atoms with Crippen LogP contribution in [0.3, 0.4) is 0 Å². The van der Waals surface area contributed by atoms with Gasteiger partial charge in [-0.05, 0) is 6.42 Å². The molecule has 3 fully saturated rings. The maximum absolute atomic E-state index is 14.2. The van der Waals surface area contributed by atoms with Gasteiger partial charge in [-0.15, -0.1) is 0 Å². The highest BCUT2D eigenvalue weighted by atomic mass is 31.3. The van der Waals surface area contributed by atoms with Crippen LogP contribution in [-0.4, -0.2) is 162 Å². The number of aromatic amines is 2. The molecule has 0 aliphatic carbocycles. The van der Waals surface area contributed by atoms with Crippen LogP contribution >= 0.6 is 31.1 Å². The van der Waals surface area contributed by atoms with E-state index in [1.807, 2.05) is 4.98 Å². The lowest BCUT2D eigenvalue weighted by Crippen LogP contribution is -2.45. The molecule has 4 unspecified atom stereocenters. The Bertz CT molecular complexity index is 3280. The Hall–Kier alpha value is -4.58. The van der Waals surface area contributed by atoms with Crippen LogP contribution in [0.25, 0.3) is 22.3 Å². The lowest BCUT2D eigenvalue weighted by Gasteiger charge is -2.35. The maximum Gasteiger partial charge on any atom is 0.490 e. The third-order valence-corrected chi connectivity index (χ3v) is 18.1. The normalized spacial score (nSPS) is 30.4. The molecule has 3 aliphatic rings. The highest BCUT2D eigenvalue weighted by Gasteiger charge is 2.55. The van der Waals surface area contributed by atoms with Gasteiger partial charge in [0.05, 0.1) is 57.7 Å². The second-order valence-electron chi connectivity index (χ2n) is 17.0. The van der Waals surface area contributed by atoms with Gasteiger partial charge in [-0.3, -0.25) is 42.3 Å². The van der Waals surface area contributed by atoms with Gasteiger partial charge in [0.15, 0.2) is 30.2 Å². The van der Waals surface area contributed by atoms with Crippen LogP contribution in [0, 0.1) is 5.92 Å².